The predicted octanol–water partition coefficient (Wildman–Crippen LogP) is 2.63. The largest absolute Gasteiger partial charge is 0.493 e. The molecule has 0 heterocycles. The minimum Gasteiger partial charge on any atom is -0.493 e. The molecule has 1 aliphatic carbocycles. The topological polar surface area (TPSA) is 82.8 Å². The van der Waals surface area contributed by atoms with Crippen molar-refractivity contribution in [2.45, 2.75) is 45.1 Å². The first-order valence-electron chi connectivity index (χ1n) is 8.84. The van der Waals surface area contributed by atoms with E-state index < -0.39 is 0 Å². The van der Waals surface area contributed by atoms with Crippen molar-refractivity contribution in [1.29, 1.82) is 0 Å². The van der Waals surface area contributed by atoms with E-state index in [1.807, 2.05) is 12.1 Å². The number of carbonyl (C=O) groups is 1. The highest BCUT2D eigenvalue weighted by molar-refractivity contribution is 5.77. The van der Waals surface area contributed by atoms with Crippen LogP contribution in [0.3, 0.4) is 0 Å². The number of rotatable bonds is 8. The number of nitrogens with two attached hydrogens (primary N) is 1. The van der Waals surface area contributed by atoms with E-state index in [0.29, 0.717) is 36.8 Å². The van der Waals surface area contributed by atoms with Crippen molar-refractivity contribution >= 4 is 5.91 Å². The van der Waals surface area contributed by atoms with Crippen molar-refractivity contribution in [2.24, 2.45) is 11.1 Å². The van der Waals surface area contributed by atoms with Crippen molar-refractivity contribution < 1.29 is 19.0 Å². The van der Waals surface area contributed by atoms with E-state index in [1.165, 1.54) is 6.42 Å². The molecule has 140 valence electrons. The molecule has 0 aromatic heterocycles. The quantitative estimate of drug-likeness (QED) is 0.753. The van der Waals surface area contributed by atoms with Gasteiger partial charge in [-0.1, -0.05) is 19.3 Å². The molecule has 1 aromatic rings. The molecule has 0 atom stereocenters. The van der Waals surface area contributed by atoms with E-state index in [-0.39, 0.29) is 11.3 Å². The maximum Gasteiger partial charge on any atom is 0.220 e. The van der Waals surface area contributed by atoms with Crippen LogP contribution in [0.1, 0.15) is 44.1 Å². The number of ether oxygens (including phenoxy) is 3. The molecule has 0 aliphatic heterocycles. The molecule has 2 rings (SSSR count). The first-order valence-corrected chi connectivity index (χ1v) is 8.84. The second-order valence-electron chi connectivity index (χ2n) is 6.71. The van der Waals surface area contributed by atoms with Gasteiger partial charge in [0.1, 0.15) is 0 Å². The van der Waals surface area contributed by atoms with Gasteiger partial charge in [-0.2, -0.15) is 0 Å². The van der Waals surface area contributed by atoms with Crippen LogP contribution in [0.5, 0.6) is 17.2 Å². The lowest BCUT2D eigenvalue weighted by Gasteiger charge is -2.35. The molecule has 1 aliphatic rings. The highest BCUT2D eigenvalue weighted by atomic mass is 16.5. The molecule has 25 heavy (non-hydrogen) atoms. The van der Waals surface area contributed by atoms with E-state index in [9.17, 15) is 4.79 Å². The van der Waals surface area contributed by atoms with Crippen molar-refractivity contribution in [2.75, 3.05) is 27.9 Å². The summed E-state index contributed by atoms with van der Waals surface area (Å²) >= 11 is 0. The highest BCUT2D eigenvalue weighted by Gasteiger charge is 2.32. The SMILES string of the molecule is COc1ccc(CNC(=O)CC2(CN)CCCCC2)c(OC)c1OC. The number of hydrogen-bond acceptors (Lipinski definition) is 5. The summed E-state index contributed by atoms with van der Waals surface area (Å²) in [6.45, 7) is 0.948. The summed E-state index contributed by atoms with van der Waals surface area (Å²) in [6.07, 6.45) is 6.13. The van der Waals surface area contributed by atoms with Crippen molar-refractivity contribution in [3.05, 3.63) is 17.7 Å². The van der Waals surface area contributed by atoms with Gasteiger partial charge in [-0.25, -0.2) is 0 Å². The van der Waals surface area contributed by atoms with Gasteiger partial charge in [0, 0.05) is 18.5 Å². The van der Waals surface area contributed by atoms with Gasteiger partial charge in [-0.15, -0.1) is 0 Å². The first kappa shape index (κ1) is 19.4. The Hall–Kier alpha value is -1.95. The lowest BCUT2D eigenvalue weighted by Crippen LogP contribution is -2.38. The normalized spacial score (nSPS) is 16.2. The van der Waals surface area contributed by atoms with Crippen LogP contribution in [0.2, 0.25) is 0 Å². The van der Waals surface area contributed by atoms with Crippen molar-refractivity contribution in [1.82, 2.24) is 5.32 Å². The van der Waals surface area contributed by atoms with Crippen molar-refractivity contribution in [3.63, 3.8) is 0 Å². The molecule has 0 radical (unpaired) electrons. The summed E-state index contributed by atoms with van der Waals surface area (Å²) in [4.78, 5) is 12.5. The molecule has 1 amide bonds. The number of amides is 1. The third-order valence-electron chi connectivity index (χ3n) is 5.14. The van der Waals surface area contributed by atoms with E-state index in [1.54, 1.807) is 21.3 Å². The fraction of sp³-hybridized carbons (Fsp3) is 0.632. The standard InChI is InChI=1S/C19H30N2O4/c1-23-15-8-7-14(17(24-2)18(15)25-3)12-21-16(22)11-19(13-20)9-5-4-6-10-19/h7-8H,4-6,9-13,20H2,1-3H3,(H,21,22). The molecular formula is C19H30N2O4. The van der Waals surface area contributed by atoms with Crippen molar-refractivity contribution in [3.8, 4) is 17.2 Å². The smallest absolute Gasteiger partial charge is 0.220 e. The lowest BCUT2D eigenvalue weighted by atomic mass is 9.71. The van der Waals surface area contributed by atoms with Crippen LogP contribution in [-0.2, 0) is 11.3 Å². The third kappa shape index (κ3) is 4.57. The Bertz CT molecular complexity index is 583. The van der Waals surface area contributed by atoms with E-state index >= 15 is 0 Å². The Morgan fingerprint density at radius 3 is 2.32 bits per heavy atom. The Kier molecular flexibility index (Phi) is 6.93. The summed E-state index contributed by atoms with van der Waals surface area (Å²) in [7, 11) is 4.72. The Balaban J connectivity index is 2.04. The highest BCUT2D eigenvalue weighted by Crippen LogP contribution is 2.40. The van der Waals surface area contributed by atoms with Gasteiger partial charge in [-0.05, 0) is 36.9 Å². The minimum atomic E-state index is -0.0377. The van der Waals surface area contributed by atoms with Crippen LogP contribution in [0.25, 0.3) is 0 Å². The number of benzene rings is 1. The average molecular weight is 350 g/mol. The number of methoxy groups -OCH3 is 3. The van der Waals surface area contributed by atoms with Gasteiger partial charge in [0.15, 0.2) is 11.5 Å². The van der Waals surface area contributed by atoms with Gasteiger partial charge in [0.25, 0.3) is 0 Å². The third-order valence-corrected chi connectivity index (χ3v) is 5.14. The molecule has 1 aromatic carbocycles. The van der Waals surface area contributed by atoms with Crippen LogP contribution in [-0.4, -0.2) is 33.8 Å². The molecule has 6 nitrogen and oxygen atoms in total. The Morgan fingerprint density at radius 1 is 1.08 bits per heavy atom. The predicted molar refractivity (Wildman–Crippen MR) is 97.1 cm³/mol. The van der Waals surface area contributed by atoms with Crippen LogP contribution in [0.4, 0.5) is 0 Å². The van der Waals surface area contributed by atoms with Gasteiger partial charge < -0.3 is 25.3 Å². The van der Waals surface area contributed by atoms with Gasteiger partial charge in [0.2, 0.25) is 11.7 Å². The monoisotopic (exact) mass is 350 g/mol. The minimum absolute atomic E-state index is 0.0317. The summed E-state index contributed by atoms with van der Waals surface area (Å²) < 4.78 is 16.1. The summed E-state index contributed by atoms with van der Waals surface area (Å²) in [6, 6.07) is 3.69. The maximum atomic E-state index is 12.5. The van der Waals surface area contributed by atoms with Crippen LogP contribution >= 0.6 is 0 Å². The molecule has 6 heteroatoms. The van der Waals surface area contributed by atoms with E-state index in [2.05, 4.69) is 5.32 Å². The molecule has 3 N–H and O–H groups in total. The fourth-order valence-electron chi connectivity index (χ4n) is 3.65. The molecule has 0 unspecified atom stereocenters. The second kappa shape index (κ2) is 8.94. The Labute approximate surface area is 150 Å². The van der Waals surface area contributed by atoms with Gasteiger partial charge >= 0.3 is 0 Å². The molecule has 0 saturated heterocycles. The van der Waals surface area contributed by atoms with Gasteiger partial charge in [0.05, 0.1) is 21.3 Å². The van der Waals surface area contributed by atoms with Crippen LogP contribution in [0.15, 0.2) is 12.1 Å². The summed E-state index contributed by atoms with van der Waals surface area (Å²) in [5.41, 5.74) is 6.79. The fourth-order valence-corrected chi connectivity index (χ4v) is 3.65. The lowest BCUT2D eigenvalue weighted by molar-refractivity contribution is -0.124. The molecule has 0 spiro atoms. The summed E-state index contributed by atoms with van der Waals surface area (Å²) in [5.74, 6) is 1.73. The maximum absolute atomic E-state index is 12.5. The second-order valence-corrected chi connectivity index (χ2v) is 6.71. The molecule has 1 fully saturated rings. The number of nitrogens with one attached hydrogen (secondary N) is 1. The molecular weight excluding hydrogens is 320 g/mol. The zero-order valence-electron chi connectivity index (χ0n) is 15.5. The number of carbonyl (C=O) groups excluding carboxylic acids is 1. The average Bonchev–Trinajstić information content (AvgIpc) is 2.66. The summed E-state index contributed by atoms with van der Waals surface area (Å²) in [5, 5.41) is 3.00. The van der Waals surface area contributed by atoms with Crippen LogP contribution < -0.4 is 25.3 Å². The Morgan fingerprint density at radius 2 is 1.76 bits per heavy atom. The molecule has 1 saturated carbocycles. The van der Waals surface area contributed by atoms with E-state index in [0.717, 1.165) is 31.2 Å². The zero-order valence-corrected chi connectivity index (χ0v) is 15.5. The van der Waals surface area contributed by atoms with Crippen LogP contribution in [0, 0.1) is 5.41 Å². The molecule has 0 bridgehead atoms. The number of hydrogen-bond donors (Lipinski definition) is 2. The first-order chi connectivity index (χ1) is 12.1. The zero-order chi connectivity index (χ0) is 18.3. The van der Waals surface area contributed by atoms with Gasteiger partial charge in [-0.3, -0.25) is 4.79 Å². The van der Waals surface area contributed by atoms with E-state index in [4.69, 9.17) is 19.9 Å².